The Hall–Kier alpha value is -13.1. The Morgan fingerprint density at radius 3 is 1.09 bits per heavy atom. The van der Waals surface area contributed by atoms with Crippen molar-refractivity contribution in [3.63, 3.8) is 0 Å². The molecule has 18 nitrogen and oxygen atoms in total. The van der Waals surface area contributed by atoms with Crippen molar-refractivity contribution in [1.82, 2.24) is 54.7 Å². The molecule has 19 heteroatoms. The van der Waals surface area contributed by atoms with E-state index < -0.39 is 0 Å². The zero-order valence-electron chi connectivity index (χ0n) is 68.3. The van der Waals surface area contributed by atoms with Gasteiger partial charge in [0.2, 0.25) is 11.9 Å². The number of hydrogen-bond acceptors (Lipinski definition) is 13. The van der Waals surface area contributed by atoms with Crippen molar-refractivity contribution >= 4 is 79.0 Å². The van der Waals surface area contributed by atoms with Gasteiger partial charge in [0, 0.05) is 135 Å². The van der Waals surface area contributed by atoms with Crippen molar-refractivity contribution in [3.05, 3.63) is 355 Å². The summed E-state index contributed by atoms with van der Waals surface area (Å²) >= 11 is 5.99. The number of aromatic nitrogens is 10. The molecule has 0 spiro atoms. The SMILES string of the molecule is COc1ccc(C2c3[nH]c4ccc(C)cc4c3CCN2c2cnccn2)cc1.COc1ccc(C2c3[nH]c4ccc(C)cc4c3CCN2c2ncccn2)cc1.Cc1ccc2[nH]c3c(c2c1)CCN(C(=O)Oc1ccc(Cl)cc1)C3c1ccc(C(C)C)cc1.Cc1ccc2[nH]c3c(c2c1)CCN(c1ncccn1)C3c1ccc(C(C)C)cc1. The summed E-state index contributed by atoms with van der Waals surface area (Å²) in [6.07, 6.45) is 15.9. The Kier molecular flexibility index (Phi) is 22.1. The molecule has 4 unspecified atom stereocenters. The number of fused-ring (bicyclic) bond motifs is 12. The normalized spacial score (nSPS) is 16.1. The van der Waals surface area contributed by atoms with E-state index in [-0.39, 0.29) is 30.3 Å². The molecule has 7 aromatic heterocycles. The second-order valence-electron chi connectivity index (χ2n) is 31.8. The van der Waals surface area contributed by atoms with Gasteiger partial charge in [-0.2, -0.15) is 0 Å². The number of aryl methyl sites for hydroxylation is 4. The van der Waals surface area contributed by atoms with E-state index in [0.29, 0.717) is 29.2 Å². The number of methoxy groups -OCH3 is 2. The number of carbonyl (C=O) groups is 1. The van der Waals surface area contributed by atoms with Crippen LogP contribution in [0, 0.1) is 27.7 Å². The third kappa shape index (κ3) is 15.7. The van der Waals surface area contributed by atoms with Crippen molar-refractivity contribution in [2.24, 2.45) is 0 Å². The van der Waals surface area contributed by atoms with Crippen molar-refractivity contribution < 1.29 is 19.0 Å². The molecule has 9 aromatic carbocycles. The van der Waals surface area contributed by atoms with Crippen molar-refractivity contribution in [2.75, 3.05) is 55.1 Å². The summed E-state index contributed by atoms with van der Waals surface area (Å²) in [7, 11) is 3.39. The van der Waals surface area contributed by atoms with Crippen LogP contribution >= 0.6 is 11.6 Å². The number of carbonyl (C=O) groups excluding carboxylic acids is 1. The standard InChI is InChI=1S/C28H27ClN2O2.C25H26N4.2C23H22N4O/c1-17(2)19-5-7-20(8-6-19)27-26-23(24-16-18(3)4-13-25(24)30-26)14-15-31(27)28(32)33-22-11-9-21(29)10-12-22;1-16(2)18-6-8-19(9-7-18)24-23-20(21-15-17(3)5-10-22(21)28-23)11-14-29(24)25-26-12-4-13-27-25;1-15-4-9-20-19(14-15)18-10-13-27(23-24-11-3-12-25-23)22(21(18)26-20)16-5-7-17(28-2)8-6-16;1-15-3-8-20-19(13-15)18-9-12-27(21-14-24-10-11-25-21)23(22(18)26-20)16-4-6-17(28-2)7-5-16/h4-13,16-17,27,30H,14-15H2,1-3H3;4-10,12-13,15-16,24,28H,11,14H2,1-3H3;3-9,11-12,14,22,26H,10,13H2,1-2H3;3-8,10-11,13-14,23,26H,9,12H2,1-2H3. The maximum absolute atomic E-state index is 13.3. The minimum Gasteiger partial charge on any atom is -0.497 e. The van der Waals surface area contributed by atoms with Gasteiger partial charge in [-0.15, -0.1) is 0 Å². The van der Waals surface area contributed by atoms with Crippen LogP contribution in [0.25, 0.3) is 43.6 Å². The zero-order chi connectivity index (χ0) is 81.2. The minimum absolute atomic E-state index is 0.0322. The van der Waals surface area contributed by atoms with Gasteiger partial charge in [0.25, 0.3) is 0 Å². The van der Waals surface area contributed by atoms with Gasteiger partial charge in [0.05, 0.1) is 38.5 Å². The summed E-state index contributed by atoms with van der Waals surface area (Å²) in [6, 6.07) is 71.1. The van der Waals surface area contributed by atoms with Crippen LogP contribution in [0.15, 0.2) is 250 Å². The molecule has 0 saturated carbocycles. The quantitative estimate of drug-likeness (QED) is 0.0902. The van der Waals surface area contributed by atoms with Crippen molar-refractivity contribution in [1.29, 1.82) is 0 Å². The molecule has 4 aliphatic heterocycles. The first-order valence-electron chi connectivity index (χ1n) is 40.8. The first kappa shape index (κ1) is 77.5. The lowest BCUT2D eigenvalue weighted by atomic mass is 9.91. The van der Waals surface area contributed by atoms with Crippen LogP contribution in [0.1, 0.15) is 164 Å². The first-order chi connectivity index (χ1) is 57.5. The lowest BCUT2D eigenvalue weighted by Gasteiger charge is -2.37. The van der Waals surface area contributed by atoms with Crippen LogP contribution in [0.4, 0.5) is 22.5 Å². The highest BCUT2D eigenvalue weighted by Crippen LogP contribution is 2.46. The summed E-state index contributed by atoms with van der Waals surface area (Å²) in [4.78, 5) is 63.9. The van der Waals surface area contributed by atoms with Crippen LogP contribution in [0.3, 0.4) is 0 Å². The fraction of sp³-hybridized carbons (Fsp3) is 0.242. The Bertz CT molecular complexity index is 6030. The number of halogens is 1. The molecule has 1 amide bonds. The molecule has 0 aliphatic carbocycles. The molecule has 0 saturated heterocycles. The lowest BCUT2D eigenvalue weighted by molar-refractivity contribution is 0.135. The Balaban J connectivity index is 0.000000113. The van der Waals surface area contributed by atoms with Crippen molar-refractivity contribution in [2.45, 2.75) is 117 Å². The average Bonchev–Trinajstić information content (AvgIpc) is 1.60. The number of amides is 1. The molecule has 4 aliphatic rings. The minimum atomic E-state index is -0.365. The lowest BCUT2D eigenvalue weighted by Crippen LogP contribution is -2.42. The van der Waals surface area contributed by atoms with E-state index in [4.69, 9.17) is 25.8 Å². The summed E-state index contributed by atoms with van der Waals surface area (Å²) in [6.45, 7) is 20.6. The average molecular weight is 1580 g/mol. The van der Waals surface area contributed by atoms with Crippen LogP contribution in [0.2, 0.25) is 5.02 Å². The maximum atomic E-state index is 13.3. The van der Waals surface area contributed by atoms with Crippen LogP contribution in [0.5, 0.6) is 17.2 Å². The van der Waals surface area contributed by atoms with Crippen LogP contribution in [-0.2, 0) is 25.7 Å². The molecular weight excluding hydrogens is 1480 g/mol. The van der Waals surface area contributed by atoms with E-state index in [2.05, 4.69) is 266 Å². The third-order valence-corrected chi connectivity index (χ3v) is 23.8. The van der Waals surface area contributed by atoms with Gasteiger partial charge in [-0.1, -0.05) is 159 Å². The summed E-state index contributed by atoms with van der Waals surface area (Å²) < 4.78 is 16.5. The largest absolute Gasteiger partial charge is 0.497 e. The number of aromatic amines is 4. The van der Waals surface area contributed by atoms with Crippen LogP contribution < -0.4 is 28.9 Å². The predicted molar refractivity (Wildman–Crippen MR) is 474 cm³/mol. The van der Waals surface area contributed by atoms with Crippen molar-refractivity contribution in [3.8, 4) is 17.2 Å². The molecule has 4 N–H and O–H groups in total. The topological polar surface area (TPSA) is 198 Å². The number of ether oxygens (including phenoxy) is 3. The molecule has 16 aromatic rings. The highest BCUT2D eigenvalue weighted by molar-refractivity contribution is 6.30. The smallest absolute Gasteiger partial charge is 0.416 e. The Labute approximate surface area is 693 Å². The molecule has 594 valence electrons. The van der Waals surface area contributed by atoms with E-state index >= 15 is 0 Å². The molecule has 20 rings (SSSR count). The van der Waals surface area contributed by atoms with Gasteiger partial charge in [-0.3, -0.25) is 9.88 Å². The fourth-order valence-electron chi connectivity index (χ4n) is 17.5. The Morgan fingerprint density at radius 2 is 0.729 bits per heavy atom. The van der Waals surface area contributed by atoms with Gasteiger partial charge in [-0.25, -0.2) is 29.7 Å². The molecule has 4 atom stereocenters. The number of anilines is 3. The number of nitrogens with zero attached hydrogens (tertiary/aromatic N) is 10. The molecule has 0 fully saturated rings. The van der Waals surface area contributed by atoms with E-state index in [1.165, 1.54) is 128 Å². The molecule has 118 heavy (non-hydrogen) atoms. The number of nitrogens with one attached hydrogen (secondary N) is 4. The summed E-state index contributed by atoms with van der Waals surface area (Å²) in [5.41, 5.74) is 27.4. The second kappa shape index (κ2) is 33.6. The van der Waals surface area contributed by atoms with Gasteiger partial charge in [-0.05, 0) is 230 Å². The van der Waals surface area contributed by atoms with E-state index in [1.54, 1.807) is 63.3 Å². The molecule has 11 heterocycles. The highest BCUT2D eigenvalue weighted by Gasteiger charge is 2.39. The Morgan fingerprint density at radius 1 is 0.390 bits per heavy atom. The van der Waals surface area contributed by atoms with Gasteiger partial charge >= 0.3 is 6.09 Å². The number of benzene rings is 9. The maximum Gasteiger partial charge on any atom is 0.416 e. The number of hydrogen-bond donors (Lipinski definition) is 4. The number of H-pyrrole nitrogens is 4. The highest BCUT2D eigenvalue weighted by atomic mass is 35.5. The second-order valence-corrected chi connectivity index (χ2v) is 32.3. The van der Waals surface area contributed by atoms with Gasteiger partial charge in [0.1, 0.15) is 29.1 Å². The number of rotatable bonds is 12. The third-order valence-electron chi connectivity index (χ3n) is 23.5. The fourth-order valence-corrected chi connectivity index (χ4v) is 17.7. The molecule has 0 bridgehead atoms. The van der Waals surface area contributed by atoms with Crippen LogP contribution in [-0.4, -0.2) is 101 Å². The van der Waals surface area contributed by atoms with E-state index in [1.807, 2.05) is 59.9 Å². The predicted octanol–water partition coefficient (Wildman–Crippen LogP) is 21.8. The van der Waals surface area contributed by atoms with E-state index in [9.17, 15) is 4.79 Å². The monoisotopic (exact) mass is 1580 g/mol. The molecular formula is C99H97ClN14O4. The summed E-state index contributed by atoms with van der Waals surface area (Å²) in [5.74, 6) is 5.60. The van der Waals surface area contributed by atoms with Gasteiger partial charge < -0.3 is 48.8 Å². The summed E-state index contributed by atoms with van der Waals surface area (Å²) in [5, 5.41) is 5.83. The zero-order valence-corrected chi connectivity index (χ0v) is 69.0. The van der Waals surface area contributed by atoms with E-state index in [0.717, 1.165) is 91.3 Å². The molecule has 0 radical (unpaired) electrons. The van der Waals surface area contributed by atoms with Gasteiger partial charge in [0.15, 0.2) is 0 Å². The first-order valence-corrected chi connectivity index (χ1v) is 41.1.